The van der Waals surface area contributed by atoms with Gasteiger partial charge in [-0.15, -0.1) is 0 Å². The Morgan fingerprint density at radius 2 is 1.76 bits per heavy atom. The number of carbonyl (C=O) groups excluding carboxylic acids is 1. The highest BCUT2D eigenvalue weighted by atomic mass is 19.1. The second kappa shape index (κ2) is 4.80. The van der Waals surface area contributed by atoms with Crippen molar-refractivity contribution in [1.29, 1.82) is 0 Å². The Morgan fingerprint density at radius 1 is 1.10 bits per heavy atom. The van der Waals surface area contributed by atoms with Gasteiger partial charge in [0.2, 0.25) is 5.91 Å². The topological polar surface area (TPSA) is 23.6 Å². The van der Waals surface area contributed by atoms with Gasteiger partial charge in [0.1, 0.15) is 5.82 Å². The van der Waals surface area contributed by atoms with Gasteiger partial charge < -0.3 is 4.90 Å². The lowest BCUT2D eigenvalue weighted by atomic mass is 9.93. The largest absolute Gasteiger partial charge is 0.339 e. The zero-order valence-corrected chi connectivity index (χ0v) is 12.2. The second-order valence-corrected chi connectivity index (χ2v) is 6.62. The molecule has 21 heavy (non-hydrogen) atoms. The first-order chi connectivity index (χ1) is 10.2. The van der Waals surface area contributed by atoms with Crippen molar-refractivity contribution in [3.05, 3.63) is 35.6 Å². The van der Waals surface area contributed by atoms with E-state index in [1.165, 1.54) is 18.9 Å². The predicted octanol–water partition coefficient (Wildman–Crippen LogP) is 2.16. The Labute approximate surface area is 124 Å². The molecule has 0 atom stereocenters. The van der Waals surface area contributed by atoms with E-state index < -0.39 is 5.41 Å². The van der Waals surface area contributed by atoms with E-state index in [4.69, 9.17) is 0 Å². The first kappa shape index (κ1) is 13.3. The summed E-state index contributed by atoms with van der Waals surface area (Å²) in [4.78, 5) is 17.3. The molecule has 4 rings (SSSR count). The summed E-state index contributed by atoms with van der Waals surface area (Å²) in [5, 5.41) is 0. The maximum atomic E-state index is 14.0. The lowest BCUT2D eigenvalue weighted by Crippen LogP contribution is -2.52. The summed E-state index contributed by atoms with van der Waals surface area (Å²) in [6, 6.07) is 7.53. The smallest absolute Gasteiger partial charge is 0.233 e. The fourth-order valence-corrected chi connectivity index (χ4v) is 3.61. The van der Waals surface area contributed by atoms with E-state index in [-0.39, 0.29) is 11.7 Å². The van der Waals surface area contributed by atoms with Crippen molar-refractivity contribution >= 4 is 5.91 Å². The van der Waals surface area contributed by atoms with Crippen LogP contribution in [-0.4, -0.2) is 47.9 Å². The zero-order valence-electron chi connectivity index (χ0n) is 12.2. The third-order valence-electron chi connectivity index (χ3n) is 5.21. The molecule has 0 aromatic heterocycles. The maximum absolute atomic E-state index is 14.0. The molecule has 4 heteroatoms. The van der Waals surface area contributed by atoms with Gasteiger partial charge in [-0.1, -0.05) is 18.2 Å². The Morgan fingerprint density at radius 3 is 2.33 bits per heavy atom. The van der Waals surface area contributed by atoms with Crippen molar-refractivity contribution in [2.45, 2.75) is 37.1 Å². The highest BCUT2D eigenvalue weighted by Gasteiger charge is 2.54. The molecule has 0 spiro atoms. The third kappa shape index (κ3) is 2.26. The summed E-state index contributed by atoms with van der Waals surface area (Å²) < 4.78 is 14.0. The van der Waals surface area contributed by atoms with Crippen LogP contribution < -0.4 is 0 Å². The molecule has 1 aromatic carbocycles. The zero-order chi connectivity index (χ0) is 14.4. The van der Waals surface area contributed by atoms with Gasteiger partial charge in [-0.2, -0.15) is 0 Å². The summed E-state index contributed by atoms with van der Waals surface area (Å²) in [7, 11) is 0. The number of benzene rings is 1. The fraction of sp³-hybridized carbons (Fsp3) is 0.588. The van der Waals surface area contributed by atoms with Crippen molar-refractivity contribution in [3.63, 3.8) is 0 Å². The minimum atomic E-state index is -0.562. The van der Waals surface area contributed by atoms with E-state index in [0.717, 1.165) is 45.1 Å². The van der Waals surface area contributed by atoms with Gasteiger partial charge in [0.25, 0.3) is 0 Å². The van der Waals surface area contributed by atoms with Gasteiger partial charge in [-0.05, 0) is 31.7 Å². The van der Waals surface area contributed by atoms with Crippen LogP contribution in [0.5, 0.6) is 0 Å². The molecular formula is C17H21FN2O. The molecule has 0 radical (unpaired) electrons. The number of carbonyl (C=O) groups is 1. The number of hydrogen-bond donors (Lipinski definition) is 0. The lowest BCUT2D eigenvalue weighted by molar-refractivity contribution is -0.135. The van der Waals surface area contributed by atoms with Crippen LogP contribution in [0.15, 0.2) is 24.3 Å². The number of amides is 1. The van der Waals surface area contributed by atoms with E-state index in [9.17, 15) is 9.18 Å². The van der Waals surface area contributed by atoms with E-state index >= 15 is 0 Å². The molecule has 1 amide bonds. The van der Waals surface area contributed by atoms with Crippen LogP contribution >= 0.6 is 0 Å². The monoisotopic (exact) mass is 288 g/mol. The van der Waals surface area contributed by atoms with Crippen molar-refractivity contribution in [1.82, 2.24) is 9.80 Å². The Kier molecular flexibility index (Phi) is 3.03. The van der Waals surface area contributed by atoms with Crippen LogP contribution in [0.3, 0.4) is 0 Å². The first-order valence-corrected chi connectivity index (χ1v) is 7.99. The maximum Gasteiger partial charge on any atom is 0.233 e. The van der Waals surface area contributed by atoms with E-state index in [1.54, 1.807) is 12.1 Å². The highest BCUT2D eigenvalue weighted by molar-refractivity contribution is 5.91. The van der Waals surface area contributed by atoms with Gasteiger partial charge in [0, 0.05) is 37.8 Å². The molecule has 0 bridgehead atoms. The highest BCUT2D eigenvalue weighted by Crippen LogP contribution is 2.50. The molecule has 0 N–H and O–H groups in total. The normalized spacial score (nSPS) is 24.9. The standard InChI is InChI=1S/C17H21FN2O/c18-15-4-2-1-3-14(15)17(7-8-17)16(21)20-11-9-19(10-12-20)13-5-6-13/h1-4,13H,5-12H2. The first-order valence-electron chi connectivity index (χ1n) is 7.99. The van der Waals surface area contributed by atoms with Crippen molar-refractivity contribution in [2.75, 3.05) is 26.2 Å². The summed E-state index contributed by atoms with van der Waals surface area (Å²) in [5.41, 5.74) is 0.0345. The Hall–Kier alpha value is -1.42. The lowest BCUT2D eigenvalue weighted by Gasteiger charge is -2.36. The van der Waals surface area contributed by atoms with Crippen molar-refractivity contribution < 1.29 is 9.18 Å². The number of rotatable bonds is 3. The molecule has 112 valence electrons. The molecule has 3 aliphatic rings. The Balaban J connectivity index is 1.48. The molecule has 1 heterocycles. The minimum absolute atomic E-state index is 0.142. The number of hydrogen-bond acceptors (Lipinski definition) is 2. The summed E-state index contributed by atoms with van der Waals surface area (Å²) in [6.07, 6.45) is 4.20. The second-order valence-electron chi connectivity index (χ2n) is 6.62. The SMILES string of the molecule is O=C(N1CCN(C2CC2)CC1)C1(c2ccccc2F)CC1. The van der Waals surface area contributed by atoms with E-state index in [2.05, 4.69) is 4.90 Å². The fourth-order valence-electron chi connectivity index (χ4n) is 3.61. The van der Waals surface area contributed by atoms with Crippen LogP contribution in [0.25, 0.3) is 0 Å². The van der Waals surface area contributed by atoms with Crippen molar-refractivity contribution in [2.24, 2.45) is 0 Å². The average molecular weight is 288 g/mol. The quantitative estimate of drug-likeness (QED) is 0.851. The van der Waals surface area contributed by atoms with Crippen LogP contribution in [-0.2, 0) is 10.2 Å². The molecular weight excluding hydrogens is 267 g/mol. The van der Waals surface area contributed by atoms with Crippen LogP contribution in [0.2, 0.25) is 0 Å². The number of nitrogens with zero attached hydrogens (tertiary/aromatic N) is 2. The summed E-state index contributed by atoms with van der Waals surface area (Å²) >= 11 is 0. The van der Waals surface area contributed by atoms with Crippen LogP contribution in [0.4, 0.5) is 4.39 Å². The molecule has 1 aliphatic heterocycles. The van der Waals surface area contributed by atoms with Gasteiger partial charge in [-0.25, -0.2) is 4.39 Å². The third-order valence-corrected chi connectivity index (χ3v) is 5.21. The van der Waals surface area contributed by atoms with Crippen LogP contribution in [0, 0.1) is 5.82 Å². The Bertz CT molecular complexity index is 558. The van der Waals surface area contributed by atoms with Crippen molar-refractivity contribution in [3.8, 4) is 0 Å². The van der Waals surface area contributed by atoms with Gasteiger partial charge in [-0.3, -0.25) is 9.69 Å². The molecule has 3 fully saturated rings. The molecule has 1 aromatic rings. The average Bonchev–Trinajstić information content (AvgIpc) is 3.40. The molecule has 2 aliphatic carbocycles. The number of halogens is 1. The minimum Gasteiger partial charge on any atom is -0.339 e. The molecule has 1 saturated heterocycles. The van der Waals surface area contributed by atoms with Gasteiger partial charge in [0.15, 0.2) is 0 Å². The van der Waals surface area contributed by atoms with Crippen LogP contribution in [0.1, 0.15) is 31.2 Å². The predicted molar refractivity (Wildman–Crippen MR) is 78.5 cm³/mol. The number of piperazine rings is 1. The summed E-state index contributed by atoms with van der Waals surface area (Å²) in [6.45, 7) is 3.55. The molecule has 2 saturated carbocycles. The molecule has 3 nitrogen and oxygen atoms in total. The molecule has 0 unspecified atom stereocenters. The van der Waals surface area contributed by atoms with E-state index in [0.29, 0.717) is 5.56 Å². The van der Waals surface area contributed by atoms with E-state index in [1.807, 2.05) is 11.0 Å². The summed E-state index contributed by atoms with van der Waals surface area (Å²) in [5.74, 6) is -0.0944. The van der Waals surface area contributed by atoms with Gasteiger partial charge in [0.05, 0.1) is 5.41 Å². The van der Waals surface area contributed by atoms with Gasteiger partial charge >= 0.3 is 0 Å².